The van der Waals surface area contributed by atoms with Gasteiger partial charge in [0.25, 0.3) is 0 Å². The van der Waals surface area contributed by atoms with Gasteiger partial charge in [-0.1, -0.05) is 190 Å². The van der Waals surface area contributed by atoms with Crippen molar-refractivity contribution in [3.05, 3.63) is 246 Å². The Balaban J connectivity index is 1.05. The predicted molar refractivity (Wildman–Crippen MR) is 268 cm³/mol. The molecule has 64 heavy (non-hydrogen) atoms. The fourth-order valence-electron chi connectivity index (χ4n) is 11.1. The number of para-hydroxylation sites is 2. The highest BCUT2D eigenvalue weighted by Gasteiger charge is 2.36. The van der Waals surface area contributed by atoms with Crippen molar-refractivity contribution in [2.75, 3.05) is 0 Å². The molecule has 1 unspecified atom stereocenters. The lowest BCUT2D eigenvalue weighted by Gasteiger charge is -2.25. The average molecular weight is 818 g/mol. The molecule has 302 valence electrons. The highest BCUT2D eigenvalue weighted by Crippen LogP contribution is 2.51. The SMILES string of the molecule is CC1(C)c2ccccc2-c2ccc(C(c3ccc(-c4ccccc4)cc3)c3cc4c(oc5cccc(-c6ccc7c(c6)c6ccccc6n7-c6ccccc6)c54)c4ccccc34)cc21. The van der Waals surface area contributed by atoms with Gasteiger partial charge < -0.3 is 8.98 Å². The third-order valence-corrected chi connectivity index (χ3v) is 14.1. The number of rotatable bonds is 6. The molecule has 12 aromatic rings. The third-order valence-electron chi connectivity index (χ3n) is 14.1. The molecular weight excluding hydrogens is 775 g/mol. The molecule has 1 aliphatic carbocycles. The zero-order chi connectivity index (χ0) is 42.5. The van der Waals surface area contributed by atoms with Gasteiger partial charge in [-0.15, -0.1) is 0 Å². The number of furan rings is 1. The van der Waals surface area contributed by atoms with Gasteiger partial charge in [0, 0.05) is 44.0 Å². The largest absolute Gasteiger partial charge is 0.455 e. The van der Waals surface area contributed by atoms with Crippen molar-refractivity contribution < 1.29 is 4.42 Å². The second kappa shape index (κ2) is 14.0. The van der Waals surface area contributed by atoms with E-state index in [0.29, 0.717) is 0 Å². The van der Waals surface area contributed by atoms with Crippen LogP contribution in [-0.2, 0) is 5.41 Å². The van der Waals surface area contributed by atoms with Crippen LogP contribution in [0.3, 0.4) is 0 Å². The quantitative estimate of drug-likeness (QED) is 0.153. The van der Waals surface area contributed by atoms with Crippen LogP contribution in [0.5, 0.6) is 0 Å². The first kappa shape index (κ1) is 36.7. The summed E-state index contributed by atoms with van der Waals surface area (Å²) in [7, 11) is 0. The summed E-state index contributed by atoms with van der Waals surface area (Å²) in [6, 6.07) is 80.4. The molecule has 0 radical (unpaired) electrons. The first-order valence-corrected chi connectivity index (χ1v) is 22.4. The molecule has 0 amide bonds. The molecule has 0 fully saturated rings. The van der Waals surface area contributed by atoms with E-state index in [1.807, 2.05) is 0 Å². The van der Waals surface area contributed by atoms with Gasteiger partial charge in [0.05, 0.1) is 11.0 Å². The summed E-state index contributed by atoms with van der Waals surface area (Å²) < 4.78 is 9.36. The summed E-state index contributed by atoms with van der Waals surface area (Å²) in [6.45, 7) is 4.75. The van der Waals surface area contributed by atoms with Gasteiger partial charge in [-0.05, 0) is 109 Å². The molecule has 1 atom stereocenters. The highest BCUT2D eigenvalue weighted by molar-refractivity contribution is 6.21. The van der Waals surface area contributed by atoms with E-state index in [4.69, 9.17) is 4.42 Å². The summed E-state index contributed by atoms with van der Waals surface area (Å²) in [5, 5.41) is 7.06. The van der Waals surface area contributed by atoms with E-state index in [2.05, 4.69) is 237 Å². The topological polar surface area (TPSA) is 18.1 Å². The Morgan fingerprint density at radius 3 is 1.86 bits per heavy atom. The molecule has 0 N–H and O–H groups in total. The Hall–Kier alpha value is -7.94. The number of benzene rings is 10. The Kier molecular flexibility index (Phi) is 8.05. The Labute approximate surface area is 372 Å². The normalized spacial score (nSPS) is 13.5. The highest BCUT2D eigenvalue weighted by atomic mass is 16.3. The van der Waals surface area contributed by atoms with Crippen molar-refractivity contribution in [2.24, 2.45) is 0 Å². The molecule has 1 aliphatic rings. The molecule has 2 heteroatoms. The molecule has 2 heterocycles. The lowest BCUT2D eigenvalue weighted by Crippen LogP contribution is -2.15. The maximum Gasteiger partial charge on any atom is 0.143 e. The minimum atomic E-state index is -0.125. The van der Waals surface area contributed by atoms with Crippen molar-refractivity contribution in [1.29, 1.82) is 0 Å². The maximum atomic E-state index is 6.98. The van der Waals surface area contributed by atoms with Crippen LogP contribution in [0.15, 0.2) is 223 Å². The lowest BCUT2D eigenvalue weighted by molar-refractivity contribution is 0.659. The Morgan fingerprint density at radius 2 is 1.03 bits per heavy atom. The van der Waals surface area contributed by atoms with Gasteiger partial charge in [-0.25, -0.2) is 0 Å². The molecule has 0 spiro atoms. The molecular formula is C62H43NO. The van der Waals surface area contributed by atoms with Gasteiger partial charge in [0.15, 0.2) is 0 Å². The van der Waals surface area contributed by atoms with Gasteiger partial charge in [0.2, 0.25) is 0 Å². The fraction of sp³-hybridized carbons (Fsp3) is 0.0645. The van der Waals surface area contributed by atoms with E-state index >= 15 is 0 Å². The molecule has 0 bridgehead atoms. The molecule has 0 saturated heterocycles. The lowest BCUT2D eigenvalue weighted by atomic mass is 9.78. The van der Waals surface area contributed by atoms with Crippen LogP contribution in [-0.4, -0.2) is 4.57 Å². The van der Waals surface area contributed by atoms with Gasteiger partial charge in [0.1, 0.15) is 11.2 Å². The van der Waals surface area contributed by atoms with E-state index in [9.17, 15) is 0 Å². The van der Waals surface area contributed by atoms with Gasteiger partial charge in [-0.2, -0.15) is 0 Å². The zero-order valence-corrected chi connectivity index (χ0v) is 35.7. The number of hydrogen-bond acceptors (Lipinski definition) is 1. The summed E-state index contributed by atoms with van der Waals surface area (Å²) in [5.41, 5.74) is 19.2. The first-order valence-electron chi connectivity index (χ1n) is 22.4. The molecule has 10 aromatic carbocycles. The summed E-state index contributed by atoms with van der Waals surface area (Å²) in [4.78, 5) is 0. The minimum Gasteiger partial charge on any atom is -0.455 e. The van der Waals surface area contributed by atoms with Crippen molar-refractivity contribution in [3.8, 4) is 39.1 Å². The van der Waals surface area contributed by atoms with Crippen LogP contribution in [0, 0.1) is 0 Å². The second-order valence-electron chi connectivity index (χ2n) is 18.0. The third kappa shape index (κ3) is 5.45. The molecule has 0 saturated carbocycles. The first-order chi connectivity index (χ1) is 31.5. The monoisotopic (exact) mass is 817 g/mol. The van der Waals surface area contributed by atoms with Gasteiger partial charge >= 0.3 is 0 Å². The molecule has 0 aliphatic heterocycles. The molecule has 2 aromatic heterocycles. The van der Waals surface area contributed by atoms with Crippen molar-refractivity contribution in [3.63, 3.8) is 0 Å². The van der Waals surface area contributed by atoms with E-state index in [1.54, 1.807) is 0 Å². The standard InChI is InChI=1S/C62H43NO/c1-62(2)54-25-13-11-21-47(54)48-34-32-43(37-55(48)62)59(41-30-28-40(29-31-41)39-16-5-3-6-17-39)52-38-53-60-45(24-15-27-58(60)64-61(53)50-23-10-9-20-46(50)52)42-33-35-57-51(36-42)49-22-12-14-26-56(49)63(57)44-18-7-4-8-19-44/h3-38,59H,1-2H3. The number of hydrogen-bond donors (Lipinski definition) is 0. The minimum absolute atomic E-state index is 0.0542. The average Bonchev–Trinajstić information content (AvgIpc) is 3.98. The van der Waals surface area contributed by atoms with Crippen molar-refractivity contribution in [1.82, 2.24) is 4.57 Å². The second-order valence-corrected chi connectivity index (χ2v) is 18.0. The molecule has 2 nitrogen and oxygen atoms in total. The van der Waals surface area contributed by atoms with Crippen LogP contribution in [0.25, 0.3) is 93.6 Å². The van der Waals surface area contributed by atoms with Crippen LogP contribution in [0.2, 0.25) is 0 Å². The fourth-order valence-corrected chi connectivity index (χ4v) is 11.1. The smallest absolute Gasteiger partial charge is 0.143 e. The van der Waals surface area contributed by atoms with Crippen LogP contribution in [0.1, 0.15) is 47.6 Å². The van der Waals surface area contributed by atoms with Crippen LogP contribution < -0.4 is 0 Å². The summed E-state index contributed by atoms with van der Waals surface area (Å²) in [6.07, 6.45) is 0. The van der Waals surface area contributed by atoms with E-state index in [0.717, 1.165) is 38.6 Å². The Bertz CT molecular complexity index is 3790. The number of nitrogens with zero attached hydrogens (tertiary/aromatic N) is 1. The summed E-state index contributed by atoms with van der Waals surface area (Å²) in [5.74, 6) is -0.0542. The molecule has 13 rings (SSSR count). The van der Waals surface area contributed by atoms with E-state index in [-0.39, 0.29) is 11.3 Å². The van der Waals surface area contributed by atoms with Gasteiger partial charge in [-0.3, -0.25) is 0 Å². The van der Waals surface area contributed by atoms with Crippen LogP contribution >= 0.6 is 0 Å². The van der Waals surface area contributed by atoms with Crippen molar-refractivity contribution in [2.45, 2.75) is 25.2 Å². The Morgan fingerprint density at radius 1 is 0.406 bits per heavy atom. The van der Waals surface area contributed by atoms with Crippen LogP contribution in [0.4, 0.5) is 0 Å². The van der Waals surface area contributed by atoms with E-state index in [1.165, 1.54) is 82.8 Å². The number of aromatic nitrogens is 1. The van der Waals surface area contributed by atoms with Crippen molar-refractivity contribution >= 4 is 54.5 Å². The number of fused-ring (bicyclic) bond motifs is 11. The predicted octanol–water partition coefficient (Wildman–Crippen LogP) is 16.7. The summed E-state index contributed by atoms with van der Waals surface area (Å²) >= 11 is 0. The van der Waals surface area contributed by atoms with E-state index < -0.39 is 0 Å². The zero-order valence-electron chi connectivity index (χ0n) is 35.7. The maximum absolute atomic E-state index is 6.98.